The number of hydrogen-bond donors (Lipinski definition) is 0. The topological polar surface area (TPSA) is 65.7 Å². The van der Waals surface area contributed by atoms with E-state index in [1.165, 1.54) is 13.2 Å². The molecule has 1 atom stereocenters. The summed E-state index contributed by atoms with van der Waals surface area (Å²) in [6, 6.07) is 11.8. The molecule has 1 aromatic heterocycles. The average Bonchev–Trinajstić information content (AvgIpc) is 2.91. The van der Waals surface area contributed by atoms with Gasteiger partial charge in [-0.15, -0.1) is 0 Å². The van der Waals surface area contributed by atoms with Crippen LogP contribution in [0.4, 0.5) is 0 Å². The fourth-order valence-electron chi connectivity index (χ4n) is 1.70. The molecule has 0 amide bonds. The van der Waals surface area contributed by atoms with Crippen molar-refractivity contribution in [3.05, 3.63) is 59.5 Å². The van der Waals surface area contributed by atoms with Crippen molar-refractivity contribution in [1.82, 2.24) is 0 Å². The fraction of sp³-hybridized carbons (Fsp3) is 0.200. The van der Waals surface area contributed by atoms with E-state index in [1.54, 1.807) is 43.3 Å². The fourth-order valence-corrected chi connectivity index (χ4v) is 1.70. The highest BCUT2D eigenvalue weighted by Gasteiger charge is 2.27. The predicted molar refractivity (Wildman–Crippen MR) is 70.1 cm³/mol. The number of carbonyl (C=O) groups excluding carboxylic acids is 2. The Balaban J connectivity index is 2.21. The molecule has 0 bridgehead atoms. The van der Waals surface area contributed by atoms with Gasteiger partial charge in [0.1, 0.15) is 5.76 Å². The third-order valence-electron chi connectivity index (χ3n) is 2.68. The van der Waals surface area contributed by atoms with Crippen molar-refractivity contribution < 1.29 is 23.5 Å². The molecule has 1 aromatic carbocycles. The maximum atomic E-state index is 11.9. The third kappa shape index (κ3) is 3.06. The van der Waals surface area contributed by atoms with Crippen LogP contribution < -0.4 is 0 Å². The lowest BCUT2D eigenvalue weighted by molar-refractivity contribution is -0.151. The van der Waals surface area contributed by atoms with Gasteiger partial charge in [0.25, 0.3) is 0 Å². The van der Waals surface area contributed by atoms with E-state index in [-0.39, 0.29) is 5.76 Å². The summed E-state index contributed by atoms with van der Waals surface area (Å²) in [6.45, 7) is 1.71. The molecule has 2 aromatic rings. The molecular formula is C15H14O5. The lowest BCUT2D eigenvalue weighted by atomic mass is 10.1. The minimum absolute atomic E-state index is 0.0485. The number of hydrogen-bond acceptors (Lipinski definition) is 5. The predicted octanol–water partition coefficient (Wildman–Crippen LogP) is 2.66. The summed E-state index contributed by atoms with van der Waals surface area (Å²) in [5, 5.41) is 0. The van der Waals surface area contributed by atoms with Gasteiger partial charge < -0.3 is 13.9 Å². The molecule has 0 fully saturated rings. The number of carbonyl (C=O) groups is 2. The number of esters is 2. The van der Waals surface area contributed by atoms with Crippen molar-refractivity contribution in [2.45, 2.75) is 13.0 Å². The van der Waals surface area contributed by atoms with E-state index >= 15 is 0 Å². The molecule has 20 heavy (non-hydrogen) atoms. The molecule has 0 aliphatic rings. The minimum Gasteiger partial charge on any atom is -0.466 e. The quantitative estimate of drug-likeness (QED) is 0.802. The van der Waals surface area contributed by atoms with E-state index in [4.69, 9.17) is 9.15 Å². The highest BCUT2D eigenvalue weighted by molar-refractivity contribution is 5.89. The number of benzene rings is 1. The van der Waals surface area contributed by atoms with Crippen LogP contribution in [0.1, 0.15) is 28.0 Å². The van der Waals surface area contributed by atoms with E-state index < -0.39 is 18.0 Å². The highest BCUT2D eigenvalue weighted by atomic mass is 16.6. The van der Waals surface area contributed by atoms with Gasteiger partial charge in [0.15, 0.2) is 0 Å². The molecule has 0 aliphatic heterocycles. The van der Waals surface area contributed by atoms with E-state index in [0.717, 1.165) is 0 Å². The van der Waals surface area contributed by atoms with E-state index in [0.29, 0.717) is 11.3 Å². The number of aryl methyl sites for hydroxylation is 1. The van der Waals surface area contributed by atoms with E-state index in [2.05, 4.69) is 4.74 Å². The van der Waals surface area contributed by atoms with Crippen LogP contribution >= 0.6 is 0 Å². The molecule has 5 heteroatoms. The van der Waals surface area contributed by atoms with Crippen LogP contribution in [0.3, 0.4) is 0 Å². The van der Waals surface area contributed by atoms with Gasteiger partial charge in [-0.3, -0.25) is 0 Å². The van der Waals surface area contributed by atoms with Crippen LogP contribution in [0.5, 0.6) is 0 Å². The Morgan fingerprint density at radius 2 is 1.80 bits per heavy atom. The summed E-state index contributed by atoms with van der Waals surface area (Å²) in [7, 11) is 1.24. The zero-order valence-electron chi connectivity index (χ0n) is 11.2. The Kier molecular flexibility index (Phi) is 4.20. The molecule has 0 spiro atoms. The molecule has 0 radical (unpaired) electrons. The SMILES string of the molecule is COC(=O)C(OC(=O)c1ccc(C)o1)c1ccccc1. The maximum absolute atomic E-state index is 11.9. The first kappa shape index (κ1) is 13.9. The van der Waals surface area contributed by atoms with Crippen LogP contribution in [0, 0.1) is 6.92 Å². The van der Waals surface area contributed by atoms with Gasteiger partial charge in [-0.05, 0) is 19.1 Å². The second-order valence-electron chi connectivity index (χ2n) is 4.13. The van der Waals surface area contributed by atoms with Crippen LogP contribution in [-0.2, 0) is 14.3 Å². The summed E-state index contributed by atoms with van der Waals surface area (Å²) in [4.78, 5) is 23.7. The van der Waals surface area contributed by atoms with Gasteiger partial charge in [0, 0.05) is 5.56 Å². The van der Waals surface area contributed by atoms with Gasteiger partial charge in [-0.25, -0.2) is 9.59 Å². The van der Waals surface area contributed by atoms with E-state index in [1.807, 2.05) is 0 Å². The molecule has 0 aliphatic carbocycles. The van der Waals surface area contributed by atoms with Crippen molar-refractivity contribution >= 4 is 11.9 Å². The first-order valence-electron chi connectivity index (χ1n) is 6.02. The van der Waals surface area contributed by atoms with Gasteiger partial charge >= 0.3 is 11.9 Å². The lowest BCUT2D eigenvalue weighted by Crippen LogP contribution is -2.21. The molecule has 2 rings (SSSR count). The van der Waals surface area contributed by atoms with Crippen molar-refractivity contribution in [3.8, 4) is 0 Å². The van der Waals surface area contributed by atoms with Gasteiger partial charge in [0.2, 0.25) is 11.9 Å². The largest absolute Gasteiger partial charge is 0.466 e. The zero-order chi connectivity index (χ0) is 14.5. The van der Waals surface area contributed by atoms with Crippen molar-refractivity contribution in [2.75, 3.05) is 7.11 Å². The standard InChI is InChI=1S/C15H14O5/c1-10-8-9-12(19-10)14(16)20-13(15(17)18-2)11-6-4-3-5-7-11/h3-9,13H,1-2H3. The summed E-state index contributed by atoms with van der Waals surface area (Å²) < 4.78 is 15.0. The minimum atomic E-state index is -1.11. The first-order chi connectivity index (χ1) is 9.61. The lowest BCUT2D eigenvalue weighted by Gasteiger charge is -2.15. The summed E-state index contributed by atoms with van der Waals surface area (Å²) in [6.07, 6.45) is -1.11. The summed E-state index contributed by atoms with van der Waals surface area (Å²) >= 11 is 0. The normalized spacial score (nSPS) is 11.7. The average molecular weight is 274 g/mol. The molecule has 104 valence electrons. The number of furan rings is 1. The first-order valence-corrected chi connectivity index (χ1v) is 6.02. The second kappa shape index (κ2) is 6.06. The Morgan fingerprint density at radius 1 is 1.10 bits per heavy atom. The third-order valence-corrected chi connectivity index (χ3v) is 2.68. The Bertz CT molecular complexity index is 600. The van der Waals surface area contributed by atoms with Crippen molar-refractivity contribution in [3.63, 3.8) is 0 Å². The molecule has 1 heterocycles. The van der Waals surface area contributed by atoms with Crippen molar-refractivity contribution in [1.29, 1.82) is 0 Å². The summed E-state index contributed by atoms with van der Waals surface area (Å²) in [5.74, 6) is -0.719. The number of methoxy groups -OCH3 is 1. The molecule has 1 unspecified atom stereocenters. The maximum Gasteiger partial charge on any atom is 0.375 e. The molecular weight excluding hydrogens is 260 g/mol. The van der Waals surface area contributed by atoms with Gasteiger partial charge in [0.05, 0.1) is 7.11 Å². The Labute approximate surface area is 116 Å². The second-order valence-corrected chi connectivity index (χ2v) is 4.13. The molecule has 0 saturated heterocycles. The van der Waals surface area contributed by atoms with E-state index in [9.17, 15) is 9.59 Å². The molecule has 5 nitrogen and oxygen atoms in total. The number of rotatable bonds is 4. The van der Waals surface area contributed by atoms with Crippen molar-refractivity contribution in [2.24, 2.45) is 0 Å². The van der Waals surface area contributed by atoms with Crippen LogP contribution in [0.15, 0.2) is 46.9 Å². The van der Waals surface area contributed by atoms with Gasteiger partial charge in [-0.1, -0.05) is 30.3 Å². The van der Waals surface area contributed by atoms with Gasteiger partial charge in [-0.2, -0.15) is 0 Å². The number of ether oxygens (including phenoxy) is 2. The van der Waals surface area contributed by atoms with Crippen LogP contribution in [0.25, 0.3) is 0 Å². The van der Waals surface area contributed by atoms with Crippen LogP contribution in [0.2, 0.25) is 0 Å². The highest BCUT2D eigenvalue weighted by Crippen LogP contribution is 2.21. The monoisotopic (exact) mass is 274 g/mol. The Morgan fingerprint density at radius 3 is 2.35 bits per heavy atom. The molecule has 0 N–H and O–H groups in total. The van der Waals surface area contributed by atoms with Crippen LogP contribution in [-0.4, -0.2) is 19.0 Å². The smallest absolute Gasteiger partial charge is 0.375 e. The zero-order valence-corrected chi connectivity index (χ0v) is 11.2. The summed E-state index contributed by atoms with van der Waals surface area (Å²) in [5.41, 5.74) is 0.538. The molecule has 0 saturated carbocycles. The Hall–Kier alpha value is -2.56.